The van der Waals surface area contributed by atoms with Crippen LogP contribution in [0, 0.1) is 6.92 Å². The first-order chi connectivity index (χ1) is 8.15. The molecule has 2 heterocycles. The number of aromatic amines is 1. The molecule has 0 fully saturated rings. The lowest BCUT2D eigenvalue weighted by Gasteiger charge is -2.04. The minimum atomic E-state index is -0.295. The Balaban J connectivity index is 2.04. The molecule has 17 heavy (non-hydrogen) atoms. The lowest BCUT2D eigenvalue weighted by Crippen LogP contribution is -2.24. The van der Waals surface area contributed by atoms with Gasteiger partial charge in [-0.15, -0.1) is 0 Å². The van der Waals surface area contributed by atoms with E-state index in [1.807, 2.05) is 0 Å². The van der Waals surface area contributed by atoms with Gasteiger partial charge in [0.05, 0.1) is 18.6 Å². The second kappa shape index (κ2) is 4.60. The number of aromatic nitrogens is 4. The summed E-state index contributed by atoms with van der Waals surface area (Å²) < 4.78 is 0. The van der Waals surface area contributed by atoms with Crippen molar-refractivity contribution in [3.8, 4) is 0 Å². The average Bonchev–Trinajstić information content (AvgIpc) is 2.77. The lowest BCUT2D eigenvalue weighted by atomic mass is 10.3. The number of rotatable bonds is 3. The van der Waals surface area contributed by atoms with Gasteiger partial charge in [0.15, 0.2) is 0 Å². The van der Waals surface area contributed by atoms with Gasteiger partial charge < -0.3 is 16.0 Å². The average molecular weight is 232 g/mol. The van der Waals surface area contributed by atoms with E-state index in [0.29, 0.717) is 12.2 Å². The number of anilines is 1. The minimum absolute atomic E-state index is 0.0942. The Labute approximate surface area is 97.5 Å². The first-order valence-electron chi connectivity index (χ1n) is 5.02. The van der Waals surface area contributed by atoms with Gasteiger partial charge in [-0.25, -0.2) is 15.0 Å². The van der Waals surface area contributed by atoms with E-state index >= 15 is 0 Å². The van der Waals surface area contributed by atoms with Gasteiger partial charge in [-0.2, -0.15) is 0 Å². The van der Waals surface area contributed by atoms with E-state index in [1.165, 1.54) is 0 Å². The van der Waals surface area contributed by atoms with Crippen molar-refractivity contribution in [1.29, 1.82) is 0 Å². The van der Waals surface area contributed by atoms with Gasteiger partial charge in [0, 0.05) is 11.9 Å². The third-order valence-electron chi connectivity index (χ3n) is 2.10. The first kappa shape index (κ1) is 11.1. The van der Waals surface area contributed by atoms with Gasteiger partial charge >= 0.3 is 0 Å². The summed E-state index contributed by atoms with van der Waals surface area (Å²) in [4.78, 5) is 26.2. The number of amides is 1. The predicted molar refractivity (Wildman–Crippen MR) is 60.9 cm³/mol. The topological polar surface area (TPSA) is 110 Å². The molecule has 0 atom stereocenters. The Bertz CT molecular complexity index is 501. The number of hydrogen-bond acceptors (Lipinski definition) is 5. The number of nitrogens with zero attached hydrogens (tertiary/aromatic N) is 3. The third-order valence-corrected chi connectivity index (χ3v) is 2.10. The summed E-state index contributed by atoms with van der Waals surface area (Å²) in [6, 6.07) is 1.58. The molecule has 0 aromatic carbocycles. The van der Waals surface area contributed by atoms with Crippen molar-refractivity contribution in [3.05, 3.63) is 35.7 Å². The van der Waals surface area contributed by atoms with Crippen LogP contribution in [0.3, 0.4) is 0 Å². The van der Waals surface area contributed by atoms with Crippen LogP contribution in [0.25, 0.3) is 0 Å². The summed E-state index contributed by atoms with van der Waals surface area (Å²) in [5, 5.41) is 2.70. The fourth-order valence-electron chi connectivity index (χ4n) is 1.36. The van der Waals surface area contributed by atoms with Crippen molar-refractivity contribution < 1.29 is 4.79 Å². The second-order valence-electron chi connectivity index (χ2n) is 3.51. The predicted octanol–water partition coefficient (Wildman–Crippen LogP) is 0.0203. The number of nitrogens with two attached hydrogens (primary N) is 1. The second-order valence-corrected chi connectivity index (χ2v) is 3.51. The van der Waals surface area contributed by atoms with Gasteiger partial charge in [-0.3, -0.25) is 4.79 Å². The van der Waals surface area contributed by atoms with Gasteiger partial charge in [0.2, 0.25) is 5.95 Å². The van der Waals surface area contributed by atoms with Gasteiger partial charge in [0.25, 0.3) is 5.91 Å². The standard InChI is InChI=1S/C10H12N6O/c1-6-2-8(16-10(11)15-6)9(17)13-4-7-3-12-5-14-7/h2-3,5H,4H2,1H3,(H,12,14)(H,13,17)(H2,11,15,16). The molecule has 7 nitrogen and oxygen atoms in total. The Kier molecular flexibility index (Phi) is 2.99. The SMILES string of the molecule is Cc1cc(C(=O)NCc2cnc[nH]2)nc(N)n1. The maximum atomic E-state index is 11.8. The van der Waals surface area contributed by atoms with E-state index in [9.17, 15) is 4.79 Å². The molecular formula is C10H12N6O. The number of H-pyrrole nitrogens is 1. The van der Waals surface area contributed by atoms with Crippen molar-refractivity contribution >= 4 is 11.9 Å². The first-order valence-corrected chi connectivity index (χ1v) is 5.02. The van der Waals surface area contributed by atoms with E-state index in [4.69, 9.17) is 5.73 Å². The number of carbonyl (C=O) groups is 1. The molecule has 0 saturated heterocycles. The molecule has 0 saturated carbocycles. The normalized spacial score (nSPS) is 10.2. The molecule has 0 radical (unpaired) electrons. The van der Waals surface area contributed by atoms with Crippen LogP contribution in [0.1, 0.15) is 21.9 Å². The zero-order valence-electron chi connectivity index (χ0n) is 9.27. The summed E-state index contributed by atoms with van der Waals surface area (Å²) in [7, 11) is 0. The highest BCUT2D eigenvalue weighted by Gasteiger charge is 2.09. The lowest BCUT2D eigenvalue weighted by molar-refractivity contribution is 0.0945. The third kappa shape index (κ3) is 2.77. The smallest absolute Gasteiger partial charge is 0.270 e. The van der Waals surface area contributed by atoms with E-state index in [-0.39, 0.29) is 17.5 Å². The maximum absolute atomic E-state index is 11.8. The Morgan fingerprint density at radius 1 is 1.53 bits per heavy atom. The molecule has 2 aromatic rings. The highest BCUT2D eigenvalue weighted by atomic mass is 16.1. The van der Waals surface area contributed by atoms with Crippen LogP contribution in [-0.2, 0) is 6.54 Å². The van der Waals surface area contributed by atoms with Gasteiger partial charge in [-0.1, -0.05) is 0 Å². The monoisotopic (exact) mass is 232 g/mol. The quantitative estimate of drug-likeness (QED) is 0.691. The minimum Gasteiger partial charge on any atom is -0.368 e. The largest absolute Gasteiger partial charge is 0.368 e. The Hall–Kier alpha value is -2.44. The van der Waals surface area contributed by atoms with Crippen LogP contribution >= 0.6 is 0 Å². The molecule has 2 aromatic heterocycles. The molecule has 0 aliphatic carbocycles. The van der Waals surface area contributed by atoms with Crippen molar-refractivity contribution in [2.45, 2.75) is 13.5 Å². The molecule has 1 amide bonds. The maximum Gasteiger partial charge on any atom is 0.270 e. The number of hydrogen-bond donors (Lipinski definition) is 3. The van der Waals surface area contributed by atoms with Crippen molar-refractivity contribution in [2.75, 3.05) is 5.73 Å². The fourth-order valence-corrected chi connectivity index (χ4v) is 1.36. The highest BCUT2D eigenvalue weighted by Crippen LogP contribution is 2.02. The molecule has 0 bridgehead atoms. The summed E-state index contributed by atoms with van der Waals surface area (Å²) in [5.74, 6) is -0.200. The van der Waals surface area contributed by atoms with E-state index in [0.717, 1.165) is 5.69 Å². The molecule has 0 aliphatic rings. The Morgan fingerprint density at radius 3 is 3.00 bits per heavy atom. The van der Waals surface area contributed by atoms with Gasteiger partial charge in [-0.05, 0) is 13.0 Å². The summed E-state index contributed by atoms with van der Waals surface area (Å²) >= 11 is 0. The van der Waals surface area contributed by atoms with Crippen LogP contribution in [0.5, 0.6) is 0 Å². The molecule has 7 heteroatoms. The van der Waals surface area contributed by atoms with Gasteiger partial charge in [0.1, 0.15) is 5.69 Å². The summed E-state index contributed by atoms with van der Waals surface area (Å²) in [5.41, 5.74) is 7.20. The molecular weight excluding hydrogens is 220 g/mol. The zero-order chi connectivity index (χ0) is 12.3. The molecule has 0 aliphatic heterocycles. The Morgan fingerprint density at radius 2 is 2.35 bits per heavy atom. The van der Waals surface area contributed by atoms with Crippen molar-refractivity contribution in [2.24, 2.45) is 0 Å². The number of nitrogens with one attached hydrogen (secondary N) is 2. The summed E-state index contributed by atoms with van der Waals surface area (Å²) in [6.45, 7) is 2.12. The van der Waals surface area contributed by atoms with E-state index in [2.05, 4.69) is 25.3 Å². The van der Waals surface area contributed by atoms with Crippen molar-refractivity contribution in [3.63, 3.8) is 0 Å². The fraction of sp³-hybridized carbons (Fsp3) is 0.200. The van der Waals surface area contributed by atoms with E-state index in [1.54, 1.807) is 25.5 Å². The molecule has 4 N–H and O–H groups in total. The van der Waals surface area contributed by atoms with Crippen LogP contribution in [-0.4, -0.2) is 25.8 Å². The van der Waals surface area contributed by atoms with Crippen LogP contribution < -0.4 is 11.1 Å². The number of aryl methyl sites for hydroxylation is 1. The van der Waals surface area contributed by atoms with Crippen LogP contribution in [0.15, 0.2) is 18.6 Å². The number of carbonyl (C=O) groups excluding carboxylic acids is 1. The molecule has 2 rings (SSSR count). The van der Waals surface area contributed by atoms with E-state index < -0.39 is 0 Å². The molecule has 0 spiro atoms. The number of nitrogen functional groups attached to an aromatic ring is 1. The molecule has 0 unspecified atom stereocenters. The van der Waals surface area contributed by atoms with Crippen molar-refractivity contribution in [1.82, 2.24) is 25.3 Å². The van der Waals surface area contributed by atoms with Crippen LogP contribution in [0.2, 0.25) is 0 Å². The highest BCUT2D eigenvalue weighted by molar-refractivity contribution is 5.92. The number of imidazole rings is 1. The summed E-state index contributed by atoms with van der Waals surface area (Å²) in [6.07, 6.45) is 3.19. The molecule has 88 valence electrons. The zero-order valence-corrected chi connectivity index (χ0v) is 9.27. The van der Waals surface area contributed by atoms with Crippen LogP contribution in [0.4, 0.5) is 5.95 Å².